The van der Waals surface area contributed by atoms with E-state index in [1.54, 1.807) is 0 Å². The van der Waals surface area contributed by atoms with E-state index in [1.807, 2.05) is 4.68 Å². The molecular formula is C13H19N5. The van der Waals surface area contributed by atoms with Crippen LogP contribution in [-0.4, -0.2) is 26.2 Å². The van der Waals surface area contributed by atoms with Crippen molar-refractivity contribution in [3.8, 4) is 0 Å². The number of nitrogens with zero attached hydrogens (tertiary/aromatic N) is 4. The van der Waals surface area contributed by atoms with Crippen LogP contribution in [0.5, 0.6) is 0 Å². The molecule has 0 saturated carbocycles. The van der Waals surface area contributed by atoms with E-state index in [-0.39, 0.29) is 0 Å². The molecule has 1 heterocycles. The van der Waals surface area contributed by atoms with Crippen molar-refractivity contribution in [2.24, 2.45) is 0 Å². The van der Waals surface area contributed by atoms with Crippen LogP contribution in [-0.2, 0) is 13.1 Å². The van der Waals surface area contributed by atoms with Gasteiger partial charge in [0.1, 0.15) is 0 Å². The second-order valence-electron chi connectivity index (χ2n) is 4.78. The summed E-state index contributed by atoms with van der Waals surface area (Å²) < 4.78 is 1.84. The number of tetrazole rings is 1. The number of aromatic nitrogens is 4. The number of nitrogens with one attached hydrogen (secondary N) is 1. The zero-order valence-electron chi connectivity index (χ0n) is 11.1. The molecule has 0 atom stereocenters. The third kappa shape index (κ3) is 3.37. The largest absolute Gasteiger partial charge is 0.308 e. The number of benzene rings is 1. The molecule has 0 fully saturated rings. The molecule has 1 aromatic heterocycles. The summed E-state index contributed by atoms with van der Waals surface area (Å²) in [5.41, 5.74) is 2.47. The van der Waals surface area contributed by atoms with Crippen molar-refractivity contribution in [1.29, 1.82) is 0 Å². The van der Waals surface area contributed by atoms with E-state index in [0.717, 1.165) is 5.82 Å². The average Bonchev–Trinajstić information content (AvgIpc) is 2.74. The SMILES string of the molecule is Cc1cccc(Cn2nnnc2CNC(C)C)c1. The molecule has 0 spiro atoms. The quantitative estimate of drug-likeness (QED) is 0.868. The van der Waals surface area contributed by atoms with Crippen molar-refractivity contribution in [2.75, 3.05) is 0 Å². The first-order chi connectivity index (χ1) is 8.65. The molecule has 0 saturated heterocycles. The van der Waals surface area contributed by atoms with Gasteiger partial charge >= 0.3 is 0 Å². The molecule has 0 unspecified atom stereocenters. The molecule has 18 heavy (non-hydrogen) atoms. The van der Waals surface area contributed by atoms with Crippen LogP contribution in [0.25, 0.3) is 0 Å². The highest BCUT2D eigenvalue weighted by atomic mass is 15.5. The number of hydrogen-bond donors (Lipinski definition) is 1. The lowest BCUT2D eigenvalue weighted by molar-refractivity contribution is 0.537. The maximum atomic E-state index is 4.05. The van der Waals surface area contributed by atoms with Crippen molar-refractivity contribution >= 4 is 0 Å². The summed E-state index contributed by atoms with van der Waals surface area (Å²) in [5, 5.41) is 15.1. The summed E-state index contributed by atoms with van der Waals surface area (Å²) in [6.07, 6.45) is 0. The minimum absolute atomic E-state index is 0.425. The molecule has 0 amide bonds. The topological polar surface area (TPSA) is 55.6 Å². The van der Waals surface area contributed by atoms with Gasteiger partial charge in [-0.3, -0.25) is 0 Å². The highest BCUT2D eigenvalue weighted by Gasteiger charge is 2.07. The molecular weight excluding hydrogens is 226 g/mol. The molecule has 1 aromatic carbocycles. The minimum Gasteiger partial charge on any atom is -0.308 e. The Kier molecular flexibility index (Phi) is 4.04. The standard InChI is InChI=1S/C13H19N5/c1-10(2)14-8-13-15-16-17-18(13)9-12-6-4-5-11(3)7-12/h4-7,10,14H,8-9H2,1-3H3. The fourth-order valence-electron chi connectivity index (χ4n) is 1.75. The van der Waals surface area contributed by atoms with Crippen LogP contribution in [0.15, 0.2) is 24.3 Å². The lowest BCUT2D eigenvalue weighted by Crippen LogP contribution is -2.24. The summed E-state index contributed by atoms with van der Waals surface area (Å²) in [5.74, 6) is 0.866. The van der Waals surface area contributed by atoms with Crippen LogP contribution in [0, 0.1) is 6.92 Å². The van der Waals surface area contributed by atoms with Crippen molar-refractivity contribution in [2.45, 2.75) is 39.9 Å². The first-order valence-electron chi connectivity index (χ1n) is 6.19. The van der Waals surface area contributed by atoms with E-state index >= 15 is 0 Å². The molecule has 2 aromatic rings. The van der Waals surface area contributed by atoms with Gasteiger partial charge in [0.2, 0.25) is 0 Å². The van der Waals surface area contributed by atoms with Crippen LogP contribution in [0.1, 0.15) is 30.8 Å². The molecule has 0 bridgehead atoms. The molecule has 1 N–H and O–H groups in total. The smallest absolute Gasteiger partial charge is 0.165 e. The molecule has 5 nitrogen and oxygen atoms in total. The second kappa shape index (κ2) is 5.73. The zero-order valence-corrected chi connectivity index (χ0v) is 11.1. The summed E-state index contributed by atoms with van der Waals surface area (Å²) in [7, 11) is 0. The van der Waals surface area contributed by atoms with Crippen LogP contribution < -0.4 is 5.32 Å². The Morgan fingerprint density at radius 3 is 2.89 bits per heavy atom. The van der Waals surface area contributed by atoms with E-state index in [4.69, 9.17) is 0 Å². The predicted octanol–water partition coefficient (Wildman–Crippen LogP) is 1.53. The van der Waals surface area contributed by atoms with Crippen LogP contribution >= 0.6 is 0 Å². The van der Waals surface area contributed by atoms with Gasteiger partial charge < -0.3 is 5.32 Å². The second-order valence-corrected chi connectivity index (χ2v) is 4.78. The molecule has 0 radical (unpaired) electrons. The molecule has 0 aliphatic carbocycles. The van der Waals surface area contributed by atoms with Crippen LogP contribution in [0.3, 0.4) is 0 Å². The van der Waals surface area contributed by atoms with E-state index in [1.165, 1.54) is 11.1 Å². The van der Waals surface area contributed by atoms with Crippen molar-refractivity contribution < 1.29 is 0 Å². The van der Waals surface area contributed by atoms with E-state index in [2.05, 4.69) is 65.9 Å². The Morgan fingerprint density at radius 2 is 2.17 bits per heavy atom. The third-order valence-corrected chi connectivity index (χ3v) is 2.69. The van der Waals surface area contributed by atoms with Gasteiger partial charge in [-0.2, -0.15) is 0 Å². The van der Waals surface area contributed by atoms with Gasteiger partial charge in [0.15, 0.2) is 5.82 Å². The van der Waals surface area contributed by atoms with Crippen LogP contribution in [0.4, 0.5) is 0 Å². The minimum atomic E-state index is 0.425. The zero-order chi connectivity index (χ0) is 13.0. The van der Waals surface area contributed by atoms with Gasteiger partial charge in [-0.05, 0) is 22.9 Å². The highest BCUT2D eigenvalue weighted by molar-refractivity contribution is 5.22. The first-order valence-corrected chi connectivity index (χ1v) is 6.19. The third-order valence-electron chi connectivity index (χ3n) is 2.69. The fraction of sp³-hybridized carbons (Fsp3) is 0.462. The summed E-state index contributed by atoms with van der Waals surface area (Å²) in [4.78, 5) is 0. The summed E-state index contributed by atoms with van der Waals surface area (Å²) in [6.45, 7) is 7.70. The first kappa shape index (κ1) is 12.7. The summed E-state index contributed by atoms with van der Waals surface area (Å²) in [6, 6.07) is 8.82. The Morgan fingerprint density at radius 1 is 1.33 bits per heavy atom. The van der Waals surface area contributed by atoms with Gasteiger partial charge in [-0.15, -0.1) is 5.10 Å². The van der Waals surface area contributed by atoms with Crippen molar-refractivity contribution in [3.05, 3.63) is 41.2 Å². The van der Waals surface area contributed by atoms with Crippen molar-refractivity contribution in [3.63, 3.8) is 0 Å². The van der Waals surface area contributed by atoms with Gasteiger partial charge in [-0.1, -0.05) is 43.7 Å². The summed E-state index contributed by atoms with van der Waals surface area (Å²) >= 11 is 0. The Bertz CT molecular complexity index is 504. The molecule has 96 valence electrons. The Balaban J connectivity index is 2.07. The van der Waals surface area contributed by atoms with Crippen molar-refractivity contribution in [1.82, 2.24) is 25.5 Å². The highest BCUT2D eigenvalue weighted by Crippen LogP contribution is 2.06. The van der Waals surface area contributed by atoms with E-state index in [9.17, 15) is 0 Å². The monoisotopic (exact) mass is 245 g/mol. The van der Waals surface area contributed by atoms with E-state index in [0.29, 0.717) is 19.1 Å². The molecule has 0 aliphatic rings. The Labute approximate surface area is 107 Å². The predicted molar refractivity (Wildman–Crippen MR) is 70.1 cm³/mol. The number of rotatable bonds is 5. The maximum absolute atomic E-state index is 4.05. The normalized spacial score (nSPS) is 11.1. The fourth-order valence-corrected chi connectivity index (χ4v) is 1.75. The van der Waals surface area contributed by atoms with Gasteiger partial charge in [0, 0.05) is 6.04 Å². The van der Waals surface area contributed by atoms with Crippen LogP contribution in [0.2, 0.25) is 0 Å². The molecule has 2 rings (SSSR count). The lowest BCUT2D eigenvalue weighted by Gasteiger charge is -2.08. The Hall–Kier alpha value is -1.75. The van der Waals surface area contributed by atoms with Gasteiger partial charge in [0.05, 0.1) is 13.1 Å². The number of aryl methyl sites for hydroxylation is 1. The van der Waals surface area contributed by atoms with Gasteiger partial charge in [-0.25, -0.2) is 4.68 Å². The lowest BCUT2D eigenvalue weighted by atomic mass is 10.1. The molecule has 5 heteroatoms. The molecule has 0 aliphatic heterocycles. The number of hydrogen-bond acceptors (Lipinski definition) is 4. The average molecular weight is 245 g/mol. The maximum Gasteiger partial charge on any atom is 0.165 e. The van der Waals surface area contributed by atoms with E-state index < -0.39 is 0 Å². The van der Waals surface area contributed by atoms with Gasteiger partial charge in [0.25, 0.3) is 0 Å².